The lowest BCUT2D eigenvalue weighted by Gasteiger charge is -2.09. The van der Waals surface area contributed by atoms with E-state index in [4.69, 9.17) is 16.3 Å². The second-order valence-electron chi connectivity index (χ2n) is 4.99. The fourth-order valence-corrected chi connectivity index (χ4v) is 2.83. The number of hydrogen-bond acceptors (Lipinski definition) is 6. The summed E-state index contributed by atoms with van der Waals surface area (Å²) in [5.41, 5.74) is 0.983. The van der Waals surface area contributed by atoms with Gasteiger partial charge in [-0.2, -0.15) is 4.52 Å². The van der Waals surface area contributed by atoms with Crippen molar-refractivity contribution in [2.24, 2.45) is 0 Å². The summed E-state index contributed by atoms with van der Waals surface area (Å²) in [6, 6.07) is 7.56. The molecule has 0 fully saturated rings. The monoisotopic (exact) mass is 336 g/mol. The zero-order valence-electron chi connectivity index (χ0n) is 12.0. The molecule has 1 aromatic carbocycles. The molecule has 0 amide bonds. The summed E-state index contributed by atoms with van der Waals surface area (Å²) in [5, 5.41) is 11.9. The highest BCUT2D eigenvalue weighted by molar-refractivity contribution is 7.20. The van der Waals surface area contributed by atoms with Gasteiger partial charge in [0, 0.05) is 6.42 Å². The highest BCUT2D eigenvalue weighted by atomic mass is 35.5. The SMILES string of the molecule is CC(C)Oc1ccc(Cc2nnc3sc(Cl)nn3c2=O)cc1. The number of rotatable bonds is 4. The van der Waals surface area contributed by atoms with E-state index in [-0.39, 0.29) is 16.1 Å². The summed E-state index contributed by atoms with van der Waals surface area (Å²) in [4.78, 5) is 12.7. The standard InChI is InChI=1S/C14H13ClN4O2S/c1-8(2)21-10-5-3-9(4-6-10)7-11-12(20)19-14(17-16-11)22-13(15)18-19/h3-6,8H,7H2,1-2H3. The van der Waals surface area contributed by atoms with Crippen LogP contribution in [0.15, 0.2) is 29.1 Å². The van der Waals surface area contributed by atoms with Crippen molar-refractivity contribution in [2.45, 2.75) is 26.4 Å². The Hall–Kier alpha value is -1.99. The third kappa shape index (κ3) is 3.10. The van der Waals surface area contributed by atoms with E-state index >= 15 is 0 Å². The van der Waals surface area contributed by atoms with Crippen molar-refractivity contribution < 1.29 is 4.74 Å². The van der Waals surface area contributed by atoms with E-state index in [0.29, 0.717) is 17.1 Å². The summed E-state index contributed by atoms with van der Waals surface area (Å²) in [5.74, 6) is 0.795. The van der Waals surface area contributed by atoms with Gasteiger partial charge < -0.3 is 4.74 Å². The molecule has 0 spiro atoms. The molecule has 6 nitrogen and oxygen atoms in total. The summed E-state index contributed by atoms with van der Waals surface area (Å²) in [6.45, 7) is 3.94. The number of aromatic nitrogens is 4. The quantitative estimate of drug-likeness (QED) is 0.732. The minimum Gasteiger partial charge on any atom is -0.491 e. The zero-order valence-corrected chi connectivity index (χ0v) is 13.6. The molecule has 0 aliphatic heterocycles. The average Bonchev–Trinajstić information content (AvgIpc) is 2.85. The lowest BCUT2D eigenvalue weighted by Crippen LogP contribution is -2.22. The van der Waals surface area contributed by atoms with Gasteiger partial charge in [-0.1, -0.05) is 23.5 Å². The molecule has 0 saturated carbocycles. The summed E-state index contributed by atoms with van der Waals surface area (Å²) >= 11 is 6.91. The van der Waals surface area contributed by atoms with Crippen molar-refractivity contribution in [1.82, 2.24) is 19.8 Å². The molecule has 2 aromatic heterocycles. The molecule has 0 aliphatic rings. The third-order valence-electron chi connectivity index (χ3n) is 2.90. The van der Waals surface area contributed by atoms with Gasteiger partial charge in [-0.3, -0.25) is 4.79 Å². The Labute approximate surface area is 135 Å². The minimum absolute atomic E-state index is 0.123. The van der Waals surface area contributed by atoms with Gasteiger partial charge in [0.05, 0.1) is 6.10 Å². The van der Waals surface area contributed by atoms with E-state index in [2.05, 4.69) is 15.3 Å². The fraction of sp³-hybridized carbons (Fsp3) is 0.286. The smallest absolute Gasteiger partial charge is 0.297 e. The van der Waals surface area contributed by atoms with Gasteiger partial charge in [0.25, 0.3) is 5.56 Å². The molecule has 0 radical (unpaired) electrons. The lowest BCUT2D eigenvalue weighted by atomic mass is 10.1. The number of hydrogen-bond donors (Lipinski definition) is 0. The van der Waals surface area contributed by atoms with Crippen molar-refractivity contribution >= 4 is 27.9 Å². The second kappa shape index (κ2) is 6.02. The predicted octanol–water partition coefficient (Wildman–Crippen LogP) is 2.58. The number of nitrogens with zero attached hydrogens (tertiary/aromatic N) is 4. The predicted molar refractivity (Wildman–Crippen MR) is 85.0 cm³/mol. The van der Waals surface area contributed by atoms with Crippen molar-refractivity contribution in [2.75, 3.05) is 0 Å². The molecule has 0 N–H and O–H groups in total. The first-order valence-corrected chi connectivity index (χ1v) is 7.89. The number of halogens is 1. The Kier molecular flexibility index (Phi) is 4.08. The fourth-order valence-electron chi connectivity index (χ4n) is 1.99. The molecule has 0 unspecified atom stereocenters. The van der Waals surface area contributed by atoms with Crippen LogP contribution in [0.25, 0.3) is 4.96 Å². The molecule has 2 heterocycles. The first-order valence-electron chi connectivity index (χ1n) is 6.69. The first kappa shape index (κ1) is 14.9. The van der Waals surface area contributed by atoms with Crippen molar-refractivity contribution in [3.63, 3.8) is 0 Å². The van der Waals surface area contributed by atoms with Crippen LogP contribution in [-0.2, 0) is 6.42 Å². The van der Waals surface area contributed by atoms with E-state index < -0.39 is 0 Å². The minimum atomic E-state index is -0.296. The van der Waals surface area contributed by atoms with Crippen LogP contribution in [-0.4, -0.2) is 25.9 Å². The van der Waals surface area contributed by atoms with Gasteiger partial charge in [0.2, 0.25) is 9.43 Å². The van der Waals surface area contributed by atoms with Crippen molar-refractivity contribution in [3.05, 3.63) is 50.3 Å². The summed E-state index contributed by atoms with van der Waals surface area (Å²) in [7, 11) is 0. The molecule has 0 saturated heterocycles. The molecule has 3 aromatic rings. The van der Waals surface area contributed by atoms with Crippen LogP contribution in [0.4, 0.5) is 0 Å². The van der Waals surface area contributed by atoms with Crippen molar-refractivity contribution in [1.29, 1.82) is 0 Å². The number of benzene rings is 1. The van der Waals surface area contributed by atoms with Gasteiger partial charge in [-0.15, -0.1) is 15.3 Å². The Morgan fingerprint density at radius 3 is 2.68 bits per heavy atom. The van der Waals surface area contributed by atoms with Gasteiger partial charge in [0.15, 0.2) is 0 Å². The van der Waals surface area contributed by atoms with Gasteiger partial charge in [-0.05, 0) is 43.1 Å². The van der Waals surface area contributed by atoms with Crippen LogP contribution in [0.5, 0.6) is 5.75 Å². The Morgan fingerprint density at radius 2 is 2.00 bits per heavy atom. The summed E-state index contributed by atoms with van der Waals surface area (Å²) < 4.78 is 7.04. The molecule has 22 heavy (non-hydrogen) atoms. The van der Waals surface area contributed by atoms with Crippen LogP contribution >= 0.6 is 22.9 Å². The van der Waals surface area contributed by atoms with Crippen LogP contribution in [0.3, 0.4) is 0 Å². The number of fused-ring (bicyclic) bond motifs is 1. The molecular weight excluding hydrogens is 324 g/mol. The normalized spacial score (nSPS) is 11.3. The van der Waals surface area contributed by atoms with E-state index in [1.54, 1.807) is 0 Å². The van der Waals surface area contributed by atoms with Crippen LogP contribution in [0, 0.1) is 0 Å². The highest BCUT2D eigenvalue weighted by Crippen LogP contribution is 2.17. The topological polar surface area (TPSA) is 69.4 Å². The highest BCUT2D eigenvalue weighted by Gasteiger charge is 2.11. The largest absolute Gasteiger partial charge is 0.491 e. The maximum atomic E-state index is 12.3. The Morgan fingerprint density at radius 1 is 1.27 bits per heavy atom. The molecule has 3 rings (SSSR count). The molecule has 0 atom stereocenters. The maximum absolute atomic E-state index is 12.3. The molecular formula is C14H13ClN4O2S. The molecule has 0 aliphatic carbocycles. The van der Waals surface area contributed by atoms with E-state index in [0.717, 1.165) is 22.6 Å². The maximum Gasteiger partial charge on any atom is 0.297 e. The molecule has 0 bridgehead atoms. The van der Waals surface area contributed by atoms with Crippen LogP contribution in [0.2, 0.25) is 4.47 Å². The number of ether oxygens (including phenoxy) is 1. The first-order chi connectivity index (χ1) is 10.5. The average molecular weight is 337 g/mol. The lowest BCUT2D eigenvalue weighted by molar-refractivity contribution is 0.242. The summed E-state index contributed by atoms with van der Waals surface area (Å²) in [6.07, 6.45) is 0.504. The van der Waals surface area contributed by atoms with Crippen LogP contribution in [0.1, 0.15) is 25.1 Å². The van der Waals surface area contributed by atoms with E-state index in [1.165, 1.54) is 4.52 Å². The van der Waals surface area contributed by atoms with Gasteiger partial charge in [-0.25, -0.2) is 0 Å². The Bertz CT molecular complexity index is 857. The van der Waals surface area contributed by atoms with E-state index in [9.17, 15) is 4.79 Å². The van der Waals surface area contributed by atoms with E-state index in [1.807, 2.05) is 38.1 Å². The second-order valence-corrected chi connectivity index (χ2v) is 6.53. The van der Waals surface area contributed by atoms with Gasteiger partial charge in [0.1, 0.15) is 11.4 Å². The van der Waals surface area contributed by atoms with Gasteiger partial charge >= 0.3 is 0 Å². The Balaban J connectivity index is 1.86. The third-order valence-corrected chi connectivity index (χ3v) is 3.89. The van der Waals surface area contributed by atoms with Crippen LogP contribution < -0.4 is 10.3 Å². The zero-order chi connectivity index (χ0) is 15.7. The van der Waals surface area contributed by atoms with Crippen molar-refractivity contribution in [3.8, 4) is 5.75 Å². The molecule has 8 heteroatoms. The molecule has 114 valence electrons.